The van der Waals surface area contributed by atoms with E-state index in [4.69, 9.17) is 11.6 Å². The zero-order chi connectivity index (χ0) is 21.9. The summed E-state index contributed by atoms with van der Waals surface area (Å²) < 4.78 is 25.3. The highest BCUT2D eigenvalue weighted by molar-refractivity contribution is 7.99. The van der Waals surface area contributed by atoms with Gasteiger partial charge in [0.1, 0.15) is 0 Å². The third-order valence-electron chi connectivity index (χ3n) is 3.98. The van der Waals surface area contributed by atoms with Crippen LogP contribution in [0.25, 0.3) is 0 Å². The van der Waals surface area contributed by atoms with Crippen LogP contribution in [0.5, 0.6) is 0 Å². The molecule has 0 unspecified atom stereocenters. The van der Waals surface area contributed by atoms with Gasteiger partial charge in [0.05, 0.1) is 16.8 Å². The molecular weight excluding hydrogens is 446 g/mol. The number of aryl methyl sites for hydroxylation is 2. The Bertz CT molecular complexity index is 1250. The minimum Gasteiger partial charge on any atom is -0.325 e. The fourth-order valence-corrected chi connectivity index (χ4v) is 4.94. The number of aromatic amines is 1. The standard InChI is InChI=1S/C20H18ClN3O4S2/c1-12-6-13(2)8-15(7-12)23-18(25)11-29-20-22-10-17(19(26)24-20)30(27,28)16-5-3-4-14(21)9-16/h3-10H,11H2,1-2H3,(H,23,25)(H,22,24,26). The van der Waals surface area contributed by atoms with Gasteiger partial charge in [-0.3, -0.25) is 9.59 Å². The summed E-state index contributed by atoms with van der Waals surface area (Å²) >= 11 is 6.84. The van der Waals surface area contributed by atoms with Crippen molar-refractivity contribution in [3.05, 3.63) is 75.2 Å². The number of hydrogen-bond donors (Lipinski definition) is 2. The molecule has 3 rings (SSSR count). The lowest BCUT2D eigenvalue weighted by molar-refractivity contribution is -0.113. The molecule has 0 saturated carbocycles. The Morgan fingerprint density at radius 3 is 2.50 bits per heavy atom. The van der Waals surface area contributed by atoms with Crippen LogP contribution in [-0.4, -0.2) is 30.0 Å². The van der Waals surface area contributed by atoms with Crippen molar-refractivity contribution >= 4 is 44.8 Å². The number of hydrogen-bond acceptors (Lipinski definition) is 6. The van der Waals surface area contributed by atoms with Crippen LogP contribution in [0.3, 0.4) is 0 Å². The molecule has 0 aliphatic carbocycles. The van der Waals surface area contributed by atoms with Crippen molar-refractivity contribution in [3.63, 3.8) is 0 Å². The highest BCUT2D eigenvalue weighted by Gasteiger charge is 2.22. The number of thioether (sulfide) groups is 1. The molecule has 0 aliphatic rings. The summed E-state index contributed by atoms with van der Waals surface area (Å²) in [6.45, 7) is 3.87. The SMILES string of the molecule is Cc1cc(C)cc(NC(=O)CSc2ncc(S(=O)(=O)c3cccc(Cl)c3)c(=O)[nH]2)c1. The van der Waals surface area contributed by atoms with Crippen molar-refractivity contribution in [3.8, 4) is 0 Å². The number of rotatable bonds is 6. The maximum absolute atomic E-state index is 12.7. The number of nitrogens with one attached hydrogen (secondary N) is 2. The van der Waals surface area contributed by atoms with Gasteiger partial charge >= 0.3 is 0 Å². The van der Waals surface area contributed by atoms with E-state index in [0.29, 0.717) is 5.69 Å². The molecule has 10 heteroatoms. The molecule has 1 aromatic heterocycles. The van der Waals surface area contributed by atoms with Crippen LogP contribution in [0.2, 0.25) is 5.02 Å². The molecule has 0 bridgehead atoms. The predicted octanol–water partition coefficient (Wildman–Crippen LogP) is 3.60. The first-order valence-electron chi connectivity index (χ1n) is 8.76. The summed E-state index contributed by atoms with van der Waals surface area (Å²) in [7, 11) is -4.07. The molecule has 2 N–H and O–H groups in total. The highest BCUT2D eigenvalue weighted by Crippen LogP contribution is 2.22. The molecule has 156 valence electrons. The molecule has 1 amide bonds. The van der Waals surface area contributed by atoms with Crippen molar-refractivity contribution in [1.29, 1.82) is 0 Å². The van der Waals surface area contributed by atoms with Crippen molar-refractivity contribution < 1.29 is 13.2 Å². The second kappa shape index (κ2) is 9.03. The van der Waals surface area contributed by atoms with E-state index in [9.17, 15) is 18.0 Å². The molecule has 0 atom stereocenters. The Labute approximate surface area is 182 Å². The Kier molecular flexibility index (Phi) is 6.64. The summed E-state index contributed by atoms with van der Waals surface area (Å²) in [4.78, 5) is 30.3. The van der Waals surface area contributed by atoms with E-state index in [1.165, 1.54) is 24.3 Å². The van der Waals surface area contributed by atoms with E-state index < -0.39 is 20.3 Å². The zero-order valence-electron chi connectivity index (χ0n) is 16.1. The van der Waals surface area contributed by atoms with Gasteiger partial charge in [-0.15, -0.1) is 0 Å². The summed E-state index contributed by atoms with van der Waals surface area (Å²) in [5, 5.41) is 3.16. The maximum atomic E-state index is 12.7. The molecule has 0 fully saturated rings. The van der Waals surface area contributed by atoms with Gasteiger partial charge in [-0.05, 0) is 55.3 Å². The number of halogens is 1. The number of amides is 1. The molecule has 0 spiro atoms. The number of aromatic nitrogens is 2. The average Bonchev–Trinajstić information content (AvgIpc) is 2.65. The smallest absolute Gasteiger partial charge is 0.270 e. The fourth-order valence-electron chi connectivity index (χ4n) is 2.77. The van der Waals surface area contributed by atoms with Gasteiger partial charge in [0.25, 0.3) is 5.56 Å². The third kappa shape index (κ3) is 5.29. The lowest BCUT2D eigenvalue weighted by Gasteiger charge is -2.08. The third-order valence-corrected chi connectivity index (χ3v) is 6.85. The van der Waals surface area contributed by atoms with Gasteiger partial charge in [0.2, 0.25) is 15.7 Å². The second-order valence-electron chi connectivity index (χ2n) is 6.56. The van der Waals surface area contributed by atoms with Crippen molar-refractivity contribution in [2.45, 2.75) is 28.8 Å². The topological polar surface area (TPSA) is 109 Å². The predicted molar refractivity (Wildman–Crippen MR) is 117 cm³/mol. The van der Waals surface area contributed by atoms with Crippen LogP contribution in [0.1, 0.15) is 11.1 Å². The number of sulfone groups is 1. The summed E-state index contributed by atoms with van der Waals surface area (Å²) in [6, 6.07) is 11.3. The minimum atomic E-state index is -4.07. The molecule has 0 saturated heterocycles. The zero-order valence-corrected chi connectivity index (χ0v) is 18.5. The molecule has 2 aromatic carbocycles. The van der Waals surface area contributed by atoms with Gasteiger partial charge in [-0.1, -0.05) is 35.5 Å². The van der Waals surface area contributed by atoms with E-state index >= 15 is 0 Å². The molecule has 1 heterocycles. The molecule has 0 radical (unpaired) electrons. The van der Waals surface area contributed by atoms with E-state index in [1.807, 2.05) is 32.0 Å². The Balaban J connectivity index is 1.71. The first-order valence-corrected chi connectivity index (χ1v) is 11.6. The number of H-pyrrole nitrogens is 1. The van der Waals surface area contributed by atoms with Crippen molar-refractivity contribution in [1.82, 2.24) is 9.97 Å². The minimum absolute atomic E-state index is 0.00365. The number of benzene rings is 2. The van der Waals surface area contributed by atoms with E-state index in [-0.39, 0.29) is 26.7 Å². The summed E-state index contributed by atoms with van der Waals surface area (Å²) in [5.74, 6) is -0.278. The number of carbonyl (C=O) groups is 1. The number of carbonyl (C=O) groups excluding carboxylic acids is 1. The van der Waals surface area contributed by atoms with Gasteiger partial charge in [-0.25, -0.2) is 13.4 Å². The monoisotopic (exact) mass is 463 g/mol. The number of anilines is 1. The quantitative estimate of drug-likeness (QED) is 0.427. The average molecular weight is 464 g/mol. The van der Waals surface area contributed by atoms with Crippen LogP contribution in [0.15, 0.2) is 68.4 Å². The van der Waals surface area contributed by atoms with E-state index in [0.717, 1.165) is 29.1 Å². The van der Waals surface area contributed by atoms with Crippen LogP contribution in [-0.2, 0) is 14.6 Å². The lowest BCUT2D eigenvalue weighted by Crippen LogP contribution is -2.20. The van der Waals surface area contributed by atoms with Gasteiger partial charge in [0.15, 0.2) is 10.1 Å². The Morgan fingerprint density at radius 2 is 1.87 bits per heavy atom. The summed E-state index contributed by atoms with van der Waals surface area (Å²) in [5.41, 5.74) is 1.92. The molecule has 0 aliphatic heterocycles. The van der Waals surface area contributed by atoms with Crippen molar-refractivity contribution in [2.75, 3.05) is 11.1 Å². The number of nitrogens with zero attached hydrogens (tertiary/aromatic N) is 1. The largest absolute Gasteiger partial charge is 0.325 e. The van der Waals surface area contributed by atoms with Crippen LogP contribution < -0.4 is 10.9 Å². The van der Waals surface area contributed by atoms with Gasteiger partial charge in [-0.2, -0.15) is 0 Å². The van der Waals surface area contributed by atoms with Crippen molar-refractivity contribution in [2.24, 2.45) is 0 Å². The molecule has 7 nitrogen and oxygen atoms in total. The van der Waals surface area contributed by atoms with Gasteiger partial charge < -0.3 is 10.3 Å². The maximum Gasteiger partial charge on any atom is 0.270 e. The summed E-state index contributed by atoms with van der Waals surface area (Å²) in [6.07, 6.45) is 0.985. The highest BCUT2D eigenvalue weighted by atomic mass is 35.5. The Hall–Kier alpha value is -2.62. The Morgan fingerprint density at radius 1 is 1.17 bits per heavy atom. The van der Waals surface area contributed by atoms with E-state index in [2.05, 4.69) is 15.3 Å². The van der Waals surface area contributed by atoms with Crippen LogP contribution >= 0.6 is 23.4 Å². The van der Waals surface area contributed by atoms with E-state index in [1.54, 1.807) is 0 Å². The van der Waals surface area contributed by atoms with Crippen LogP contribution in [0.4, 0.5) is 5.69 Å². The second-order valence-corrected chi connectivity index (χ2v) is 9.87. The molecule has 3 aromatic rings. The first-order chi connectivity index (χ1) is 14.1. The molecular formula is C20H18ClN3O4S2. The fraction of sp³-hybridized carbons (Fsp3) is 0.150. The first kappa shape index (κ1) is 22.1. The van der Waals surface area contributed by atoms with Crippen LogP contribution in [0, 0.1) is 13.8 Å². The molecule has 30 heavy (non-hydrogen) atoms. The normalized spacial score (nSPS) is 11.3. The van der Waals surface area contributed by atoms with Gasteiger partial charge in [0, 0.05) is 10.7 Å². The lowest BCUT2D eigenvalue weighted by atomic mass is 10.1.